The molecule has 0 aromatic carbocycles. The Hall–Kier alpha value is -1.77. The number of fused-ring (bicyclic) bond motifs is 1. The fourth-order valence-electron chi connectivity index (χ4n) is 4.10. The van der Waals surface area contributed by atoms with Crippen molar-refractivity contribution in [2.24, 2.45) is 12.5 Å². The number of nitrogens with zero attached hydrogens (tertiary/aromatic N) is 3. The summed E-state index contributed by atoms with van der Waals surface area (Å²) in [5.41, 5.74) is -1.88. The molecule has 3 heterocycles. The van der Waals surface area contributed by atoms with E-state index in [0.29, 0.717) is 43.8 Å². The summed E-state index contributed by atoms with van der Waals surface area (Å²) in [7, 11) is 1.75. The molecular weight excluding hydrogens is 351 g/mol. The molecule has 6 nitrogen and oxygen atoms in total. The van der Waals surface area contributed by atoms with Gasteiger partial charge in [-0.15, -0.1) is 0 Å². The number of ether oxygens (including phenoxy) is 1. The second-order valence-electron chi connectivity index (χ2n) is 7.89. The first kappa shape index (κ1) is 17.6. The second kappa shape index (κ2) is 5.61. The smallest absolute Gasteiger partial charge is 0.395 e. The molecule has 1 aliphatic carbocycles. The molecule has 1 saturated heterocycles. The van der Waals surface area contributed by atoms with Crippen LogP contribution in [0.25, 0.3) is 0 Å². The first-order valence-electron chi connectivity index (χ1n) is 8.88. The Bertz CT molecular complexity index is 719. The van der Waals surface area contributed by atoms with Crippen LogP contribution >= 0.6 is 0 Å². The van der Waals surface area contributed by atoms with Crippen LogP contribution in [0, 0.1) is 5.41 Å². The van der Waals surface area contributed by atoms with Crippen LogP contribution in [0.2, 0.25) is 0 Å². The lowest BCUT2D eigenvalue weighted by Crippen LogP contribution is -2.52. The van der Waals surface area contributed by atoms with Crippen molar-refractivity contribution in [1.82, 2.24) is 14.7 Å². The van der Waals surface area contributed by atoms with E-state index >= 15 is 0 Å². The Balaban J connectivity index is 1.39. The van der Waals surface area contributed by atoms with Crippen LogP contribution in [0.1, 0.15) is 50.3 Å². The summed E-state index contributed by atoms with van der Waals surface area (Å²) >= 11 is 0. The van der Waals surface area contributed by atoms with Crippen molar-refractivity contribution >= 4 is 5.91 Å². The monoisotopic (exact) mass is 373 g/mol. The molecule has 1 atom stereocenters. The maximum atomic E-state index is 13.1. The number of aromatic nitrogens is 2. The number of hydrogen-bond acceptors (Lipinski definition) is 4. The number of aliphatic hydroxyl groups excluding tert-OH is 1. The number of aryl methyl sites for hydroxylation is 1. The number of likely N-dealkylation sites (tertiary alicyclic amines) is 1. The normalized spacial score (nSPS) is 26.3. The average molecular weight is 373 g/mol. The third-order valence-corrected chi connectivity index (χ3v) is 6.00. The standard InChI is InChI=1S/C17H22F3N3O3/c1-22-10-12-14(21-22)11(24)8-16(26-12)4-6-23(7-5-16)13(25)9-15(2-3-15)17(18,19)20/h10-11,24H,2-9H2,1H3. The Morgan fingerprint density at radius 1 is 1.35 bits per heavy atom. The van der Waals surface area contributed by atoms with Gasteiger partial charge in [0.05, 0.1) is 11.6 Å². The molecule has 1 saturated carbocycles. The number of carbonyl (C=O) groups excluding carboxylic acids is 1. The number of carbonyl (C=O) groups is 1. The lowest BCUT2D eigenvalue weighted by Gasteiger charge is -2.45. The number of rotatable bonds is 2. The predicted octanol–water partition coefficient (Wildman–Crippen LogP) is 2.33. The van der Waals surface area contributed by atoms with Crippen LogP contribution < -0.4 is 4.74 Å². The van der Waals surface area contributed by atoms with Crippen molar-refractivity contribution in [3.63, 3.8) is 0 Å². The third-order valence-electron chi connectivity index (χ3n) is 6.00. The van der Waals surface area contributed by atoms with Gasteiger partial charge in [-0.2, -0.15) is 18.3 Å². The zero-order valence-electron chi connectivity index (χ0n) is 14.6. The molecule has 26 heavy (non-hydrogen) atoms. The molecule has 1 spiro atoms. The highest BCUT2D eigenvalue weighted by atomic mass is 19.4. The first-order chi connectivity index (χ1) is 12.1. The lowest BCUT2D eigenvalue weighted by molar-refractivity contribution is -0.193. The summed E-state index contributed by atoms with van der Waals surface area (Å²) in [5, 5.41) is 14.6. The summed E-state index contributed by atoms with van der Waals surface area (Å²) in [4.78, 5) is 13.9. The van der Waals surface area contributed by atoms with Gasteiger partial charge < -0.3 is 14.7 Å². The molecule has 0 bridgehead atoms. The minimum absolute atomic E-state index is 0.0408. The maximum absolute atomic E-state index is 13.1. The van der Waals surface area contributed by atoms with Crippen LogP contribution in [-0.4, -0.2) is 50.6 Å². The van der Waals surface area contributed by atoms with Crippen molar-refractivity contribution in [3.8, 4) is 5.75 Å². The van der Waals surface area contributed by atoms with Crippen LogP contribution in [0.5, 0.6) is 5.75 Å². The van der Waals surface area contributed by atoms with E-state index in [4.69, 9.17) is 4.74 Å². The molecule has 2 fully saturated rings. The second-order valence-corrected chi connectivity index (χ2v) is 7.89. The van der Waals surface area contributed by atoms with Crippen molar-refractivity contribution < 1.29 is 27.8 Å². The Kier molecular flexibility index (Phi) is 3.81. The largest absolute Gasteiger partial charge is 0.483 e. The van der Waals surface area contributed by atoms with Crippen LogP contribution in [0.3, 0.4) is 0 Å². The minimum atomic E-state index is -4.31. The van der Waals surface area contributed by atoms with Gasteiger partial charge in [0, 0.05) is 45.8 Å². The SMILES string of the molecule is Cn1cc2c(n1)C(O)CC1(CCN(C(=O)CC3(C(F)(F)F)CC3)CC1)O2. The van der Waals surface area contributed by atoms with Gasteiger partial charge in [0.15, 0.2) is 5.75 Å². The van der Waals surface area contributed by atoms with E-state index in [0.717, 1.165) is 0 Å². The van der Waals surface area contributed by atoms with Crippen molar-refractivity contribution in [1.29, 1.82) is 0 Å². The number of amides is 1. The fourth-order valence-corrected chi connectivity index (χ4v) is 4.10. The molecule has 1 N–H and O–H groups in total. The number of piperidine rings is 1. The Labute approximate surface area is 148 Å². The van der Waals surface area contributed by atoms with Gasteiger partial charge in [-0.1, -0.05) is 0 Å². The van der Waals surface area contributed by atoms with E-state index in [1.54, 1.807) is 17.9 Å². The third kappa shape index (κ3) is 2.86. The van der Waals surface area contributed by atoms with Gasteiger partial charge in [0.1, 0.15) is 17.4 Å². The van der Waals surface area contributed by atoms with E-state index < -0.39 is 35.6 Å². The van der Waals surface area contributed by atoms with Gasteiger partial charge in [0.2, 0.25) is 5.91 Å². The van der Waals surface area contributed by atoms with E-state index in [9.17, 15) is 23.1 Å². The number of halogens is 3. The summed E-state index contributed by atoms with van der Waals surface area (Å²) in [6.45, 7) is 0.685. The van der Waals surface area contributed by atoms with Gasteiger partial charge >= 0.3 is 6.18 Å². The molecule has 1 unspecified atom stereocenters. The average Bonchev–Trinajstić information content (AvgIpc) is 3.23. The molecule has 3 aliphatic rings. The van der Waals surface area contributed by atoms with Crippen molar-refractivity contribution in [3.05, 3.63) is 11.9 Å². The summed E-state index contributed by atoms with van der Waals surface area (Å²) in [6.07, 6.45) is -2.36. The number of hydrogen-bond donors (Lipinski definition) is 1. The first-order valence-corrected chi connectivity index (χ1v) is 8.88. The highest BCUT2D eigenvalue weighted by molar-refractivity contribution is 5.77. The molecule has 2 aliphatic heterocycles. The van der Waals surface area contributed by atoms with Crippen molar-refractivity contribution in [2.45, 2.75) is 56.4 Å². The molecule has 1 aromatic heterocycles. The summed E-state index contributed by atoms with van der Waals surface area (Å²) in [5.74, 6) is 0.105. The molecule has 144 valence electrons. The van der Waals surface area contributed by atoms with Crippen LogP contribution in [0.4, 0.5) is 13.2 Å². The maximum Gasteiger partial charge on any atom is 0.395 e. The molecule has 4 rings (SSSR count). The molecule has 9 heteroatoms. The predicted molar refractivity (Wildman–Crippen MR) is 84.3 cm³/mol. The van der Waals surface area contributed by atoms with Gasteiger partial charge in [0.25, 0.3) is 0 Å². The van der Waals surface area contributed by atoms with E-state index in [1.165, 1.54) is 4.90 Å². The summed E-state index contributed by atoms with van der Waals surface area (Å²) < 4.78 is 46.9. The minimum Gasteiger partial charge on any atom is -0.483 e. The van der Waals surface area contributed by atoms with Crippen molar-refractivity contribution in [2.75, 3.05) is 13.1 Å². The zero-order valence-corrected chi connectivity index (χ0v) is 14.6. The Morgan fingerprint density at radius 3 is 2.58 bits per heavy atom. The molecular formula is C17H22F3N3O3. The fraction of sp³-hybridized carbons (Fsp3) is 0.765. The van der Waals surface area contributed by atoms with Gasteiger partial charge in [-0.25, -0.2) is 0 Å². The molecule has 1 amide bonds. The van der Waals surface area contributed by atoms with Gasteiger partial charge in [-0.3, -0.25) is 9.48 Å². The number of alkyl halides is 3. The van der Waals surface area contributed by atoms with E-state index in [2.05, 4.69) is 5.10 Å². The highest BCUT2D eigenvalue weighted by Gasteiger charge is 2.64. The molecule has 0 radical (unpaired) electrons. The zero-order chi connectivity index (χ0) is 18.7. The lowest BCUT2D eigenvalue weighted by atomic mass is 9.83. The van der Waals surface area contributed by atoms with Crippen LogP contribution in [-0.2, 0) is 11.8 Å². The summed E-state index contributed by atoms with van der Waals surface area (Å²) in [6, 6.07) is 0. The number of aliphatic hydroxyl groups is 1. The van der Waals surface area contributed by atoms with E-state index in [-0.39, 0.29) is 12.8 Å². The van der Waals surface area contributed by atoms with Crippen LogP contribution in [0.15, 0.2) is 6.20 Å². The topological polar surface area (TPSA) is 67.6 Å². The van der Waals surface area contributed by atoms with E-state index in [1.807, 2.05) is 0 Å². The Morgan fingerprint density at radius 2 is 2.00 bits per heavy atom. The highest BCUT2D eigenvalue weighted by Crippen LogP contribution is 2.60. The molecule has 1 aromatic rings. The van der Waals surface area contributed by atoms with Gasteiger partial charge in [-0.05, 0) is 12.8 Å². The quantitative estimate of drug-likeness (QED) is 0.864.